The van der Waals surface area contributed by atoms with Crippen molar-refractivity contribution in [2.24, 2.45) is 0 Å². The minimum atomic E-state index is -0.0700. The molecule has 0 atom stereocenters. The van der Waals surface area contributed by atoms with Crippen LogP contribution in [0.2, 0.25) is 0 Å². The van der Waals surface area contributed by atoms with Crippen LogP contribution in [-0.2, 0) is 10.8 Å². The number of nitrogens with zero attached hydrogens (tertiary/aromatic N) is 2. The van der Waals surface area contributed by atoms with Crippen molar-refractivity contribution in [1.82, 2.24) is 9.78 Å². The van der Waals surface area contributed by atoms with Gasteiger partial charge in [0.1, 0.15) is 0 Å². The summed E-state index contributed by atoms with van der Waals surface area (Å²) in [7, 11) is 0. The molecule has 1 aliphatic rings. The summed E-state index contributed by atoms with van der Waals surface area (Å²) in [6.07, 6.45) is 0. The van der Waals surface area contributed by atoms with Gasteiger partial charge in [0.25, 0.3) is 0 Å². The number of hydrogen-bond acceptors (Lipinski definition) is 1. The molecule has 31 heavy (non-hydrogen) atoms. The topological polar surface area (TPSA) is 17.8 Å². The molecule has 0 aliphatic carbocycles. The molecular weight excluding hydrogens is 376 g/mol. The third-order valence-electron chi connectivity index (χ3n) is 7.43. The predicted molar refractivity (Wildman–Crippen MR) is 130 cm³/mol. The Labute approximate surface area is 185 Å². The van der Waals surface area contributed by atoms with Gasteiger partial charge in [-0.25, -0.2) is 4.68 Å². The second kappa shape index (κ2) is 6.68. The zero-order chi connectivity index (χ0) is 22.0. The van der Waals surface area contributed by atoms with E-state index < -0.39 is 0 Å². The highest BCUT2D eigenvalue weighted by atomic mass is 15.3. The minimum Gasteiger partial charge on any atom is -0.236 e. The van der Waals surface area contributed by atoms with E-state index in [1.165, 1.54) is 44.8 Å². The van der Waals surface area contributed by atoms with Gasteiger partial charge in [-0.2, -0.15) is 5.10 Å². The Balaban J connectivity index is 1.73. The molecule has 1 aromatic heterocycles. The van der Waals surface area contributed by atoms with E-state index in [1.807, 2.05) is 0 Å². The summed E-state index contributed by atoms with van der Waals surface area (Å²) >= 11 is 0. The molecule has 0 unspecified atom stereocenters. The molecule has 2 nitrogen and oxygen atoms in total. The van der Waals surface area contributed by atoms with E-state index in [2.05, 4.69) is 119 Å². The van der Waals surface area contributed by atoms with Crippen molar-refractivity contribution in [2.75, 3.05) is 0 Å². The van der Waals surface area contributed by atoms with E-state index in [0.29, 0.717) is 0 Å². The van der Waals surface area contributed by atoms with Gasteiger partial charge in [-0.1, -0.05) is 81.3 Å². The lowest BCUT2D eigenvalue weighted by Crippen LogP contribution is -2.45. The Kier molecular flexibility index (Phi) is 4.27. The number of fused-ring (bicyclic) bond motifs is 3. The van der Waals surface area contributed by atoms with Crippen molar-refractivity contribution in [3.8, 4) is 28.1 Å². The molecule has 0 saturated heterocycles. The molecule has 0 N–H and O–H groups in total. The zero-order valence-corrected chi connectivity index (χ0v) is 19.3. The van der Waals surface area contributed by atoms with Crippen molar-refractivity contribution in [3.05, 3.63) is 95.2 Å². The molecule has 0 saturated carbocycles. The second-order valence-electron chi connectivity index (χ2n) is 10.1. The molecule has 2 heteroatoms. The van der Waals surface area contributed by atoms with E-state index >= 15 is 0 Å². The molecule has 4 aromatic rings. The van der Waals surface area contributed by atoms with Crippen LogP contribution in [0.5, 0.6) is 0 Å². The van der Waals surface area contributed by atoms with Crippen molar-refractivity contribution in [1.29, 1.82) is 0 Å². The van der Waals surface area contributed by atoms with Gasteiger partial charge in [0, 0.05) is 16.4 Å². The number of hydrogen-bond donors (Lipinski definition) is 0. The van der Waals surface area contributed by atoms with Crippen LogP contribution < -0.4 is 0 Å². The summed E-state index contributed by atoms with van der Waals surface area (Å²) in [6.45, 7) is 13.7. The molecule has 2 heterocycles. The SMILES string of the molecule is Cc1cc(C)cc(-c2cc3n(n2)-c2ccc(-c4ccccc4)cc2C(C)(C)C3(C)C)c1. The van der Waals surface area contributed by atoms with Crippen LogP contribution in [0.1, 0.15) is 50.1 Å². The summed E-state index contributed by atoms with van der Waals surface area (Å²) in [5.41, 5.74) is 11.0. The lowest BCUT2D eigenvalue weighted by molar-refractivity contribution is 0.275. The van der Waals surface area contributed by atoms with Crippen molar-refractivity contribution < 1.29 is 0 Å². The quantitative estimate of drug-likeness (QED) is 0.339. The Bertz CT molecular complexity index is 1270. The van der Waals surface area contributed by atoms with Crippen LogP contribution in [0.3, 0.4) is 0 Å². The summed E-state index contributed by atoms with van der Waals surface area (Å²) in [4.78, 5) is 0. The lowest BCUT2D eigenvalue weighted by Gasteiger charge is -2.47. The van der Waals surface area contributed by atoms with E-state index in [4.69, 9.17) is 5.10 Å². The van der Waals surface area contributed by atoms with Gasteiger partial charge in [-0.15, -0.1) is 0 Å². The first-order valence-corrected chi connectivity index (χ1v) is 11.1. The van der Waals surface area contributed by atoms with Crippen LogP contribution in [-0.4, -0.2) is 9.78 Å². The molecule has 0 fully saturated rings. The summed E-state index contributed by atoms with van der Waals surface area (Å²) in [6, 6.07) is 26.5. The Morgan fingerprint density at radius 1 is 0.645 bits per heavy atom. The zero-order valence-electron chi connectivity index (χ0n) is 19.3. The van der Waals surface area contributed by atoms with Gasteiger partial charge < -0.3 is 0 Å². The second-order valence-corrected chi connectivity index (χ2v) is 10.1. The fourth-order valence-electron chi connectivity index (χ4n) is 4.96. The fraction of sp³-hybridized carbons (Fsp3) is 0.276. The van der Waals surface area contributed by atoms with Crippen molar-refractivity contribution in [3.63, 3.8) is 0 Å². The predicted octanol–water partition coefficient (Wildman–Crippen LogP) is 7.39. The molecule has 5 rings (SSSR count). The van der Waals surface area contributed by atoms with Crippen molar-refractivity contribution >= 4 is 0 Å². The molecule has 0 radical (unpaired) electrons. The van der Waals surface area contributed by atoms with Crippen LogP contribution in [0.25, 0.3) is 28.1 Å². The fourth-order valence-corrected chi connectivity index (χ4v) is 4.96. The van der Waals surface area contributed by atoms with E-state index in [-0.39, 0.29) is 10.8 Å². The largest absolute Gasteiger partial charge is 0.236 e. The van der Waals surface area contributed by atoms with Crippen LogP contribution in [0.15, 0.2) is 72.8 Å². The average molecular weight is 407 g/mol. The normalized spacial score (nSPS) is 15.9. The van der Waals surface area contributed by atoms with Gasteiger partial charge in [-0.3, -0.25) is 0 Å². The van der Waals surface area contributed by atoms with Gasteiger partial charge in [0.15, 0.2) is 0 Å². The van der Waals surface area contributed by atoms with Gasteiger partial charge in [-0.05, 0) is 60.9 Å². The molecule has 0 bridgehead atoms. The van der Waals surface area contributed by atoms with Crippen LogP contribution in [0.4, 0.5) is 0 Å². The molecule has 1 aliphatic heterocycles. The number of benzene rings is 3. The smallest absolute Gasteiger partial charge is 0.0930 e. The summed E-state index contributed by atoms with van der Waals surface area (Å²) in [5.74, 6) is 0. The Morgan fingerprint density at radius 2 is 1.32 bits per heavy atom. The molecular formula is C29H30N2. The van der Waals surface area contributed by atoms with Crippen LogP contribution >= 0.6 is 0 Å². The maximum Gasteiger partial charge on any atom is 0.0930 e. The van der Waals surface area contributed by atoms with Gasteiger partial charge in [0.2, 0.25) is 0 Å². The Morgan fingerprint density at radius 3 is 2.00 bits per heavy atom. The average Bonchev–Trinajstić information content (AvgIpc) is 3.19. The van der Waals surface area contributed by atoms with Crippen molar-refractivity contribution in [2.45, 2.75) is 52.4 Å². The third-order valence-corrected chi connectivity index (χ3v) is 7.43. The first-order chi connectivity index (χ1) is 14.7. The highest BCUT2D eigenvalue weighted by molar-refractivity contribution is 5.70. The monoisotopic (exact) mass is 406 g/mol. The third kappa shape index (κ3) is 2.96. The highest BCUT2D eigenvalue weighted by Crippen LogP contribution is 2.51. The first kappa shape index (κ1) is 19.8. The summed E-state index contributed by atoms with van der Waals surface area (Å²) in [5, 5.41) is 5.12. The van der Waals surface area contributed by atoms with E-state index in [1.54, 1.807) is 0 Å². The Hall–Kier alpha value is -3.13. The molecule has 0 spiro atoms. The maximum atomic E-state index is 5.12. The number of aryl methyl sites for hydroxylation is 2. The standard InChI is InChI=1S/C29H30N2/c1-19-14-20(2)16-23(15-19)25-18-27-29(5,6)28(3,4)24-17-22(21-10-8-7-9-11-21)12-13-26(24)31(27)30-25/h7-18H,1-6H3. The number of rotatable bonds is 2. The van der Waals surface area contributed by atoms with Gasteiger partial charge in [0.05, 0.1) is 17.1 Å². The summed E-state index contributed by atoms with van der Waals surface area (Å²) < 4.78 is 2.18. The van der Waals surface area contributed by atoms with E-state index in [0.717, 1.165) is 5.69 Å². The van der Waals surface area contributed by atoms with Crippen LogP contribution in [0, 0.1) is 13.8 Å². The number of aromatic nitrogens is 2. The molecule has 0 amide bonds. The highest BCUT2D eigenvalue weighted by Gasteiger charge is 2.47. The first-order valence-electron chi connectivity index (χ1n) is 11.1. The lowest BCUT2D eigenvalue weighted by atomic mass is 9.60. The van der Waals surface area contributed by atoms with E-state index in [9.17, 15) is 0 Å². The molecule has 156 valence electrons. The minimum absolute atomic E-state index is 0.0387. The van der Waals surface area contributed by atoms with Gasteiger partial charge >= 0.3 is 0 Å². The molecule has 3 aromatic carbocycles. The maximum absolute atomic E-state index is 5.12.